The Labute approximate surface area is 118 Å². The summed E-state index contributed by atoms with van der Waals surface area (Å²) in [6, 6.07) is 0. The van der Waals surface area contributed by atoms with Crippen molar-refractivity contribution < 1.29 is 4.52 Å². The van der Waals surface area contributed by atoms with Gasteiger partial charge in [-0.15, -0.1) is 0 Å². The molecule has 0 amide bonds. The van der Waals surface area contributed by atoms with Crippen LogP contribution in [0.3, 0.4) is 0 Å². The molecular formula is C14H21N5O. The van der Waals surface area contributed by atoms with E-state index in [1.165, 1.54) is 12.8 Å². The first-order valence-electron chi connectivity index (χ1n) is 7.32. The van der Waals surface area contributed by atoms with E-state index in [1.807, 2.05) is 6.92 Å². The Balaban J connectivity index is 1.88. The van der Waals surface area contributed by atoms with Crippen LogP contribution in [0.25, 0.3) is 11.1 Å². The first-order valence-corrected chi connectivity index (χ1v) is 7.32. The van der Waals surface area contributed by atoms with Crippen LogP contribution in [0, 0.1) is 12.8 Å². The average molecular weight is 275 g/mol. The zero-order valence-corrected chi connectivity index (χ0v) is 12.1. The fraction of sp³-hybridized carbons (Fsp3) is 0.643. The quantitative estimate of drug-likeness (QED) is 0.917. The van der Waals surface area contributed by atoms with Crippen molar-refractivity contribution in [3.63, 3.8) is 0 Å². The molecule has 20 heavy (non-hydrogen) atoms. The minimum Gasteiger partial charge on any atom is -0.356 e. The van der Waals surface area contributed by atoms with Gasteiger partial charge in [-0.2, -0.15) is 4.98 Å². The van der Waals surface area contributed by atoms with Gasteiger partial charge < -0.3 is 14.7 Å². The van der Waals surface area contributed by atoms with Crippen LogP contribution in [-0.4, -0.2) is 41.3 Å². The molecule has 0 aliphatic carbocycles. The van der Waals surface area contributed by atoms with E-state index in [1.54, 1.807) is 6.33 Å². The van der Waals surface area contributed by atoms with Crippen LogP contribution in [0.5, 0.6) is 0 Å². The van der Waals surface area contributed by atoms with Crippen molar-refractivity contribution in [1.82, 2.24) is 20.4 Å². The fourth-order valence-electron chi connectivity index (χ4n) is 2.88. The third-order valence-electron chi connectivity index (χ3n) is 4.04. The summed E-state index contributed by atoms with van der Waals surface area (Å²) in [6.07, 6.45) is 4.02. The van der Waals surface area contributed by atoms with E-state index < -0.39 is 0 Å². The first-order chi connectivity index (χ1) is 9.79. The van der Waals surface area contributed by atoms with Gasteiger partial charge in [0.25, 0.3) is 5.71 Å². The summed E-state index contributed by atoms with van der Waals surface area (Å²) in [5.41, 5.74) is 1.44. The second-order valence-electron chi connectivity index (χ2n) is 5.38. The van der Waals surface area contributed by atoms with Gasteiger partial charge in [-0.25, -0.2) is 4.98 Å². The normalized spacial score (nSPS) is 16.7. The van der Waals surface area contributed by atoms with E-state index in [0.717, 1.165) is 49.0 Å². The Morgan fingerprint density at radius 2 is 2.15 bits per heavy atom. The number of aromatic nitrogens is 3. The van der Waals surface area contributed by atoms with E-state index in [0.29, 0.717) is 5.71 Å². The van der Waals surface area contributed by atoms with E-state index in [4.69, 9.17) is 4.52 Å². The third kappa shape index (κ3) is 2.47. The van der Waals surface area contributed by atoms with Crippen LogP contribution in [0.2, 0.25) is 0 Å². The predicted molar refractivity (Wildman–Crippen MR) is 77.8 cm³/mol. The Morgan fingerprint density at radius 1 is 1.35 bits per heavy atom. The Hall–Kier alpha value is -1.69. The number of aryl methyl sites for hydroxylation is 1. The van der Waals surface area contributed by atoms with Gasteiger partial charge in [0.1, 0.15) is 17.5 Å². The van der Waals surface area contributed by atoms with E-state index in [9.17, 15) is 0 Å². The molecule has 0 atom stereocenters. The molecule has 1 aliphatic rings. The van der Waals surface area contributed by atoms with Crippen molar-refractivity contribution in [3.8, 4) is 0 Å². The van der Waals surface area contributed by atoms with Crippen LogP contribution >= 0.6 is 0 Å². The van der Waals surface area contributed by atoms with Crippen molar-refractivity contribution in [1.29, 1.82) is 0 Å². The lowest BCUT2D eigenvalue weighted by Crippen LogP contribution is -2.36. The zero-order valence-electron chi connectivity index (χ0n) is 12.1. The lowest BCUT2D eigenvalue weighted by molar-refractivity contribution is 0.374. The minimum atomic E-state index is 0.580. The molecule has 2 aromatic heterocycles. The molecule has 6 heteroatoms. The number of hydrogen-bond acceptors (Lipinski definition) is 6. The number of fused-ring (bicyclic) bond motifs is 1. The monoisotopic (exact) mass is 275 g/mol. The van der Waals surface area contributed by atoms with E-state index >= 15 is 0 Å². The smallest absolute Gasteiger partial charge is 0.263 e. The SMILES string of the molecule is CCN(CC1CCNCC1)c1ncnc2onc(C)c12. The highest BCUT2D eigenvalue weighted by atomic mass is 16.5. The molecule has 1 aliphatic heterocycles. The summed E-state index contributed by atoms with van der Waals surface area (Å²) < 4.78 is 5.24. The van der Waals surface area contributed by atoms with Crippen LogP contribution in [0.4, 0.5) is 5.82 Å². The molecule has 6 nitrogen and oxygen atoms in total. The molecule has 0 aromatic carbocycles. The molecule has 1 fully saturated rings. The van der Waals surface area contributed by atoms with Gasteiger partial charge >= 0.3 is 0 Å². The van der Waals surface area contributed by atoms with E-state index in [2.05, 4.69) is 32.3 Å². The molecule has 3 rings (SSSR count). The standard InChI is InChI=1S/C14H21N5O/c1-3-19(8-11-4-6-15-7-5-11)13-12-10(2)18-20-14(12)17-9-16-13/h9,11,15H,3-8H2,1-2H3. The van der Waals surface area contributed by atoms with Crippen LogP contribution in [-0.2, 0) is 0 Å². The Bertz CT molecular complexity index is 576. The summed E-state index contributed by atoms with van der Waals surface area (Å²) >= 11 is 0. The van der Waals surface area contributed by atoms with Crippen LogP contribution in [0.1, 0.15) is 25.5 Å². The number of hydrogen-bond donors (Lipinski definition) is 1. The molecule has 0 saturated carbocycles. The number of nitrogens with zero attached hydrogens (tertiary/aromatic N) is 4. The minimum absolute atomic E-state index is 0.580. The molecule has 3 heterocycles. The summed E-state index contributed by atoms with van der Waals surface area (Å²) in [7, 11) is 0. The lowest BCUT2D eigenvalue weighted by atomic mass is 9.97. The molecule has 2 aromatic rings. The highest BCUT2D eigenvalue weighted by Gasteiger charge is 2.21. The predicted octanol–water partition coefficient (Wildman–Crippen LogP) is 1.75. The van der Waals surface area contributed by atoms with Gasteiger partial charge in [-0.3, -0.25) is 0 Å². The average Bonchev–Trinajstić information content (AvgIpc) is 2.88. The highest BCUT2D eigenvalue weighted by molar-refractivity contribution is 5.87. The van der Waals surface area contributed by atoms with Gasteiger partial charge in [-0.1, -0.05) is 5.16 Å². The molecule has 1 N–H and O–H groups in total. The number of piperidine rings is 1. The van der Waals surface area contributed by atoms with Crippen molar-refractivity contribution >= 4 is 16.9 Å². The molecule has 108 valence electrons. The second-order valence-corrected chi connectivity index (χ2v) is 5.38. The van der Waals surface area contributed by atoms with Gasteiger partial charge in [0.05, 0.1) is 5.69 Å². The fourth-order valence-corrected chi connectivity index (χ4v) is 2.88. The van der Waals surface area contributed by atoms with Gasteiger partial charge in [0.2, 0.25) is 0 Å². The van der Waals surface area contributed by atoms with Gasteiger partial charge in [-0.05, 0) is 45.7 Å². The van der Waals surface area contributed by atoms with Crippen molar-refractivity contribution in [2.45, 2.75) is 26.7 Å². The van der Waals surface area contributed by atoms with Crippen molar-refractivity contribution in [2.24, 2.45) is 5.92 Å². The zero-order chi connectivity index (χ0) is 13.9. The largest absolute Gasteiger partial charge is 0.356 e. The molecule has 0 unspecified atom stereocenters. The third-order valence-corrected chi connectivity index (χ3v) is 4.04. The first kappa shape index (κ1) is 13.3. The molecule has 0 bridgehead atoms. The molecule has 0 radical (unpaired) electrons. The van der Waals surface area contributed by atoms with Gasteiger partial charge in [0.15, 0.2) is 0 Å². The summed E-state index contributed by atoms with van der Waals surface area (Å²) in [6.45, 7) is 8.31. The number of nitrogens with one attached hydrogen (secondary N) is 1. The topological polar surface area (TPSA) is 67.1 Å². The Kier molecular flexibility index (Phi) is 3.82. The maximum Gasteiger partial charge on any atom is 0.263 e. The van der Waals surface area contributed by atoms with Crippen molar-refractivity contribution in [2.75, 3.05) is 31.1 Å². The van der Waals surface area contributed by atoms with Crippen LogP contribution in [0.15, 0.2) is 10.9 Å². The molecule has 1 saturated heterocycles. The summed E-state index contributed by atoms with van der Waals surface area (Å²) in [5, 5.41) is 8.36. The Morgan fingerprint density at radius 3 is 2.90 bits per heavy atom. The highest BCUT2D eigenvalue weighted by Crippen LogP contribution is 2.27. The molecule has 0 spiro atoms. The maximum atomic E-state index is 5.24. The van der Waals surface area contributed by atoms with Crippen LogP contribution < -0.4 is 10.2 Å². The maximum absolute atomic E-state index is 5.24. The molecular weight excluding hydrogens is 254 g/mol. The summed E-state index contributed by atoms with van der Waals surface area (Å²) in [5.74, 6) is 1.68. The summed E-state index contributed by atoms with van der Waals surface area (Å²) in [4.78, 5) is 10.9. The van der Waals surface area contributed by atoms with E-state index in [-0.39, 0.29) is 0 Å². The second kappa shape index (κ2) is 5.75. The van der Waals surface area contributed by atoms with Gasteiger partial charge in [0, 0.05) is 13.1 Å². The lowest BCUT2D eigenvalue weighted by Gasteiger charge is -2.30. The number of anilines is 1. The number of rotatable bonds is 4. The van der Waals surface area contributed by atoms with Crippen molar-refractivity contribution in [3.05, 3.63) is 12.0 Å².